The summed E-state index contributed by atoms with van der Waals surface area (Å²) in [5.41, 5.74) is 2.10. The zero-order chi connectivity index (χ0) is 62.3. The van der Waals surface area contributed by atoms with Crippen LogP contribution in [0.4, 0.5) is 19.2 Å². The molecule has 4 aromatic carbocycles. The van der Waals surface area contributed by atoms with Crippen molar-refractivity contribution in [2.45, 2.75) is 119 Å². The van der Waals surface area contributed by atoms with Crippen LogP contribution in [0.3, 0.4) is 0 Å². The number of H-pyrrole nitrogens is 2. The van der Waals surface area contributed by atoms with Gasteiger partial charge in [0.2, 0.25) is 0 Å². The van der Waals surface area contributed by atoms with Gasteiger partial charge in [-0.1, -0.05) is 136 Å². The van der Waals surface area contributed by atoms with E-state index in [1.165, 1.54) is 4.57 Å². The number of aromatic carboxylic acids is 1. The number of hydrogen-bond donors (Lipinski definition) is 4. The molecule has 0 saturated carbocycles. The molecule has 89 heavy (non-hydrogen) atoms. The second-order valence-electron chi connectivity index (χ2n) is 23.6. The summed E-state index contributed by atoms with van der Waals surface area (Å²) < 4.78 is 24.8. The van der Waals surface area contributed by atoms with Crippen LogP contribution in [-0.2, 0) is 32.2 Å². The Hall–Kier alpha value is -9.12. The standard InChI is InChI=1S/C32H39N5O6.C23H23N3O5.C9H18N2O2.2CH4/c1-32(2,3)43-31(41)35-19-17-34(18-20-35)28(38)26-27(24-13-8-5-9-14-24)37(29(39)33-26)25-15-10-16-36(21-25)30(40)42-22-23-11-6-4-7-12-23;27-21(28)19-20(17-10-5-2-6-11-17)26(22(29)24-19)18-12-7-13-25(14-18)23(30)31-15-16-8-3-1-4-9-16;1-9(2,3)13-8(12)11-6-4-10-5-7-11;;/h4-9,11-14,25H,10,15-22H2,1-3H3,(H,33,39);1-6,8-11,18H,7,12-15H2,(H,24,29)(H,27,28);10H,4-7H2,1-3H3;2*1H4. The van der Waals surface area contributed by atoms with Gasteiger partial charge in [0, 0.05) is 89.7 Å². The molecule has 0 radical (unpaired) electrons. The number of nitrogens with zero attached hydrogens (tertiary/aromatic N) is 7. The maximum Gasteiger partial charge on any atom is 0.410 e. The quantitative estimate of drug-likeness (QED) is 0.0930. The molecular formula is C66H88N10O13. The molecule has 2 unspecified atom stereocenters. The number of carboxylic acids is 1. The zero-order valence-corrected chi connectivity index (χ0v) is 50.4. The first kappa shape index (κ1) is 69.0. The highest BCUT2D eigenvalue weighted by atomic mass is 16.6. The molecule has 4 N–H and O–H groups in total. The van der Waals surface area contributed by atoms with Gasteiger partial charge < -0.3 is 58.9 Å². The SMILES string of the molecule is C.C.CC(C)(C)OC(=O)N1CCN(C(=O)c2[nH]c(=O)n(C3CCCN(C(=O)OCc4ccccc4)C3)c2-c2ccccc2)CC1.CC(C)(C)OC(=O)N1CCNCC1.O=C(O)c1[nH]c(=O)n(C2CCCN(C(=O)OCc3ccccc3)C2)c1-c1ccccc1. The minimum Gasteiger partial charge on any atom is -0.477 e. The molecule has 5 amide bonds. The van der Waals surface area contributed by atoms with Gasteiger partial charge in [0.1, 0.15) is 30.1 Å². The van der Waals surface area contributed by atoms with Crippen molar-refractivity contribution in [2.75, 3.05) is 78.5 Å². The van der Waals surface area contributed by atoms with Crippen molar-refractivity contribution in [3.63, 3.8) is 0 Å². The summed E-state index contributed by atoms with van der Waals surface area (Å²) in [5, 5.41) is 12.8. The van der Waals surface area contributed by atoms with E-state index in [4.69, 9.17) is 18.9 Å². The number of likely N-dealkylation sites (tertiary alicyclic amines) is 2. The minimum absolute atomic E-state index is 0. The summed E-state index contributed by atoms with van der Waals surface area (Å²) >= 11 is 0. The zero-order valence-electron chi connectivity index (χ0n) is 50.4. The molecular weight excluding hydrogens is 1140 g/mol. The van der Waals surface area contributed by atoms with E-state index in [1.54, 1.807) is 53.3 Å². The summed E-state index contributed by atoms with van der Waals surface area (Å²) in [6.45, 7) is 17.5. The molecule has 23 heteroatoms. The van der Waals surface area contributed by atoms with Crippen LogP contribution in [0.25, 0.3) is 22.5 Å². The number of aromatic nitrogens is 4. The highest BCUT2D eigenvalue weighted by molar-refractivity contribution is 5.98. The summed E-state index contributed by atoms with van der Waals surface area (Å²) in [6, 6.07) is 36.5. The topological polar surface area (TPSA) is 263 Å². The van der Waals surface area contributed by atoms with Crippen molar-refractivity contribution in [1.82, 2.24) is 48.9 Å². The molecule has 6 aromatic rings. The number of ether oxygens (including phenoxy) is 4. The lowest BCUT2D eigenvalue weighted by Gasteiger charge is -2.35. The largest absolute Gasteiger partial charge is 0.477 e. The number of hydrogen-bond acceptors (Lipinski definition) is 13. The van der Waals surface area contributed by atoms with Crippen molar-refractivity contribution < 1.29 is 52.8 Å². The van der Waals surface area contributed by atoms with E-state index < -0.39 is 41.2 Å². The molecule has 480 valence electrons. The second-order valence-corrected chi connectivity index (χ2v) is 23.6. The molecule has 0 aliphatic carbocycles. The summed E-state index contributed by atoms with van der Waals surface area (Å²) in [4.78, 5) is 115. The number of carbonyl (C=O) groups excluding carboxylic acids is 5. The summed E-state index contributed by atoms with van der Waals surface area (Å²) in [7, 11) is 0. The van der Waals surface area contributed by atoms with Gasteiger partial charge in [-0.3, -0.25) is 18.9 Å². The predicted octanol–water partition coefficient (Wildman–Crippen LogP) is 10.1. The number of carbonyl (C=O) groups is 6. The fourth-order valence-electron chi connectivity index (χ4n) is 10.7. The average molecular weight is 1230 g/mol. The van der Waals surface area contributed by atoms with Crippen molar-refractivity contribution in [3.05, 3.63) is 165 Å². The van der Waals surface area contributed by atoms with E-state index in [-0.39, 0.29) is 82.2 Å². The van der Waals surface area contributed by atoms with Gasteiger partial charge in [-0.15, -0.1) is 0 Å². The molecule has 2 atom stereocenters. The third-order valence-corrected chi connectivity index (χ3v) is 14.8. The Labute approximate surface area is 520 Å². The van der Waals surface area contributed by atoms with Crippen LogP contribution in [0.15, 0.2) is 131 Å². The fraction of sp³-hybridized carbons (Fsp3) is 0.455. The highest BCUT2D eigenvalue weighted by Crippen LogP contribution is 2.32. The molecule has 6 heterocycles. The van der Waals surface area contributed by atoms with Gasteiger partial charge in [-0.25, -0.2) is 33.6 Å². The van der Waals surface area contributed by atoms with Gasteiger partial charge in [0.05, 0.1) is 23.5 Å². The number of piperazine rings is 2. The van der Waals surface area contributed by atoms with Gasteiger partial charge in [-0.05, 0) is 78.4 Å². The summed E-state index contributed by atoms with van der Waals surface area (Å²) in [6.07, 6.45) is 1.20. The Balaban J connectivity index is 0.000000239. The molecule has 0 bridgehead atoms. The van der Waals surface area contributed by atoms with Gasteiger partial charge in [0.25, 0.3) is 5.91 Å². The molecule has 2 aromatic heterocycles. The Morgan fingerprint density at radius 2 is 0.831 bits per heavy atom. The van der Waals surface area contributed by atoms with Gasteiger partial charge >= 0.3 is 41.7 Å². The van der Waals surface area contributed by atoms with E-state index in [0.717, 1.165) is 42.9 Å². The lowest BCUT2D eigenvalue weighted by atomic mass is 10.0. The first-order valence-corrected chi connectivity index (χ1v) is 29.5. The maximum absolute atomic E-state index is 13.9. The molecule has 23 nitrogen and oxygen atoms in total. The Morgan fingerprint density at radius 3 is 1.22 bits per heavy atom. The number of benzene rings is 4. The molecule has 4 saturated heterocycles. The maximum atomic E-state index is 13.9. The Morgan fingerprint density at radius 1 is 0.472 bits per heavy atom. The van der Waals surface area contributed by atoms with Crippen molar-refractivity contribution >= 4 is 36.2 Å². The van der Waals surface area contributed by atoms with E-state index in [2.05, 4.69) is 15.3 Å². The number of imidazole rings is 2. The Kier molecular flexibility index (Phi) is 24.6. The average Bonchev–Trinajstić information content (AvgIpc) is 3.26. The van der Waals surface area contributed by atoms with E-state index in [9.17, 15) is 43.5 Å². The number of rotatable bonds is 10. The molecule has 10 rings (SSSR count). The van der Waals surface area contributed by atoms with Gasteiger partial charge in [0.15, 0.2) is 5.69 Å². The third kappa shape index (κ3) is 18.9. The smallest absolute Gasteiger partial charge is 0.410 e. The van der Waals surface area contributed by atoms with Crippen LogP contribution in [0, 0.1) is 0 Å². The minimum atomic E-state index is -1.20. The van der Waals surface area contributed by atoms with Gasteiger partial charge in [-0.2, -0.15) is 0 Å². The summed E-state index contributed by atoms with van der Waals surface area (Å²) in [5.74, 6) is -1.52. The van der Waals surface area contributed by atoms with Crippen LogP contribution < -0.4 is 16.7 Å². The molecule has 4 fully saturated rings. The van der Waals surface area contributed by atoms with Crippen molar-refractivity contribution in [2.24, 2.45) is 0 Å². The number of carboxylic acid groups (broad SMARTS) is 1. The lowest BCUT2D eigenvalue weighted by Crippen LogP contribution is -2.51. The fourth-order valence-corrected chi connectivity index (χ4v) is 10.7. The third-order valence-electron chi connectivity index (χ3n) is 14.8. The van der Waals surface area contributed by atoms with Crippen molar-refractivity contribution in [1.29, 1.82) is 0 Å². The number of amides is 5. The van der Waals surface area contributed by atoms with E-state index in [1.807, 2.05) is 139 Å². The normalized spacial score (nSPS) is 16.8. The number of aromatic amines is 2. The molecule has 4 aliphatic rings. The van der Waals surface area contributed by atoms with E-state index in [0.29, 0.717) is 81.9 Å². The van der Waals surface area contributed by atoms with Crippen LogP contribution >= 0.6 is 0 Å². The second kappa shape index (κ2) is 31.7. The van der Waals surface area contributed by atoms with Crippen LogP contribution in [0.1, 0.15) is 126 Å². The van der Waals surface area contributed by atoms with Crippen LogP contribution in [0.5, 0.6) is 0 Å². The van der Waals surface area contributed by atoms with Crippen LogP contribution in [0.2, 0.25) is 0 Å². The van der Waals surface area contributed by atoms with Crippen LogP contribution in [-0.4, -0.2) is 175 Å². The molecule has 4 aliphatic heterocycles. The number of piperidine rings is 2. The highest BCUT2D eigenvalue weighted by Gasteiger charge is 2.36. The monoisotopic (exact) mass is 1230 g/mol. The predicted molar refractivity (Wildman–Crippen MR) is 339 cm³/mol. The van der Waals surface area contributed by atoms with Crippen molar-refractivity contribution in [3.8, 4) is 22.5 Å². The molecule has 0 spiro atoms. The number of nitrogens with one attached hydrogen (secondary N) is 3. The lowest BCUT2D eigenvalue weighted by molar-refractivity contribution is 0.0139. The van der Waals surface area contributed by atoms with E-state index >= 15 is 0 Å². The first-order chi connectivity index (χ1) is 41.6. The first-order valence-electron chi connectivity index (χ1n) is 29.5. The Bertz CT molecular complexity index is 3390.